The first-order valence-corrected chi connectivity index (χ1v) is 7.26. The van der Waals surface area contributed by atoms with Crippen LogP contribution in [0.3, 0.4) is 0 Å². The van der Waals surface area contributed by atoms with Crippen LogP contribution in [0.15, 0.2) is 30.3 Å². The summed E-state index contributed by atoms with van der Waals surface area (Å²) in [5, 5.41) is 0. The van der Waals surface area contributed by atoms with E-state index >= 15 is 0 Å². The molecular weight excluding hydrogens is 236 g/mol. The molecule has 1 aliphatic heterocycles. The summed E-state index contributed by atoms with van der Waals surface area (Å²) in [6, 6.07) is 11.1. The van der Waals surface area contributed by atoms with Gasteiger partial charge in [0.2, 0.25) is 0 Å². The van der Waals surface area contributed by atoms with Crippen molar-refractivity contribution in [1.29, 1.82) is 0 Å². The fraction of sp³-hybridized carbons (Fsp3) is 0.625. The molecule has 0 radical (unpaired) electrons. The molecule has 0 saturated carbocycles. The molecule has 0 aromatic heterocycles. The third-order valence-corrected chi connectivity index (χ3v) is 4.18. The van der Waals surface area contributed by atoms with Crippen LogP contribution in [-0.2, 0) is 4.74 Å². The molecule has 0 unspecified atom stereocenters. The van der Waals surface area contributed by atoms with E-state index in [1.54, 1.807) is 7.11 Å². The molecule has 0 spiro atoms. The topological polar surface area (TPSA) is 38.5 Å². The molecule has 0 bridgehead atoms. The number of hydrogen-bond donors (Lipinski definition) is 1. The summed E-state index contributed by atoms with van der Waals surface area (Å²) < 4.78 is 5.31. The standard InChI is InChI=1S/C16H26N2O/c1-13(16(17)14-7-4-3-5-8-14)11-18-10-6-9-15(18)12-19-2/h3-5,7-8,13,15-16H,6,9-12,17H2,1-2H3/t13-,15-,16+/m0/s1. The van der Waals surface area contributed by atoms with Crippen molar-refractivity contribution in [1.82, 2.24) is 4.90 Å². The van der Waals surface area contributed by atoms with Crippen LogP contribution >= 0.6 is 0 Å². The van der Waals surface area contributed by atoms with E-state index in [1.807, 2.05) is 6.07 Å². The van der Waals surface area contributed by atoms with Gasteiger partial charge in [-0.25, -0.2) is 0 Å². The highest BCUT2D eigenvalue weighted by atomic mass is 16.5. The van der Waals surface area contributed by atoms with E-state index in [1.165, 1.54) is 24.9 Å². The van der Waals surface area contributed by atoms with E-state index in [-0.39, 0.29) is 6.04 Å². The maximum atomic E-state index is 6.38. The summed E-state index contributed by atoms with van der Waals surface area (Å²) in [7, 11) is 1.79. The number of hydrogen-bond acceptors (Lipinski definition) is 3. The van der Waals surface area contributed by atoms with Gasteiger partial charge in [-0.1, -0.05) is 37.3 Å². The maximum Gasteiger partial charge on any atom is 0.0618 e. The minimum atomic E-state index is 0.116. The van der Waals surface area contributed by atoms with Crippen LogP contribution in [0.5, 0.6) is 0 Å². The summed E-state index contributed by atoms with van der Waals surface area (Å²) in [5.41, 5.74) is 7.61. The molecule has 2 rings (SSSR count). The summed E-state index contributed by atoms with van der Waals surface area (Å²) in [6.45, 7) is 5.33. The third kappa shape index (κ3) is 3.78. The van der Waals surface area contributed by atoms with Gasteiger partial charge < -0.3 is 10.5 Å². The second-order valence-electron chi connectivity index (χ2n) is 5.66. The molecule has 2 N–H and O–H groups in total. The zero-order valence-electron chi connectivity index (χ0n) is 12.1. The molecule has 3 atom stereocenters. The van der Waals surface area contributed by atoms with Crippen molar-refractivity contribution in [2.24, 2.45) is 11.7 Å². The summed E-state index contributed by atoms with van der Waals surface area (Å²) >= 11 is 0. The predicted octanol–water partition coefficient (Wildman–Crippen LogP) is 2.43. The second-order valence-corrected chi connectivity index (χ2v) is 5.66. The first-order valence-electron chi connectivity index (χ1n) is 7.26. The van der Waals surface area contributed by atoms with E-state index in [0.29, 0.717) is 12.0 Å². The van der Waals surface area contributed by atoms with Gasteiger partial charge in [-0.3, -0.25) is 4.90 Å². The molecule has 0 aliphatic carbocycles. The Balaban J connectivity index is 1.91. The van der Waals surface area contributed by atoms with Gasteiger partial charge >= 0.3 is 0 Å². The van der Waals surface area contributed by atoms with Crippen molar-refractivity contribution >= 4 is 0 Å². The Morgan fingerprint density at radius 2 is 2.11 bits per heavy atom. The molecule has 1 aliphatic rings. The summed E-state index contributed by atoms with van der Waals surface area (Å²) in [4.78, 5) is 2.54. The molecule has 1 fully saturated rings. The number of nitrogens with two attached hydrogens (primary N) is 1. The van der Waals surface area contributed by atoms with E-state index < -0.39 is 0 Å². The number of ether oxygens (including phenoxy) is 1. The van der Waals surface area contributed by atoms with E-state index in [4.69, 9.17) is 10.5 Å². The highest BCUT2D eigenvalue weighted by Crippen LogP contribution is 2.24. The highest BCUT2D eigenvalue weighted by molar-refractivity contribution is 5.19. The normalized spacial score (nSPS) is 23.4. The average Bonchev–Trinajstić information content (AvgIpc) is 2.86. The highest BCUT2D eigenvalue weighted by Gasteiger charge is 2.27. The zero-order chi connectivity index (χ0) is 13.7. The monoisotopic (exact) mass is 262 g/mol. The quantitative estimate of drug-likeness (QED) is 0.855. The third-order valence-electron chi connectivity index (χ3n) is 4.18. The van der Waals surface area contributed by atoms with Crippen LogP contribution in [-0.4, -0.2) is 37.7 Å². The number of methoxy groups -OCH3 is 1. The molecule has 3 nitrogen and oxygen atoms in total. The smallest absolute Gasteiger partial charge is 0.0618 e. The Morgan fingerprint density at radius 3 is 2.79 bits per heavy atom. The molecule has 1 aromatic carbocycles. The summed E-state index contributed by atoms with van der Waals surface area (Å²) in [6.07, 6.45) is 2.53. The molecule has 0 amide bonds. The maximum absolute atomic E-state index is 6.38. The van der Waals surface area contributed by atoms with Crippen molar-refractivity contribution in [3.05, 3.63) is 35.9 Å². The van der Waals surface area contributed by atoms with Crippen molar-refractivity contribution in [3.63, 3.8) is 0 Å². The number of likely N-dealkylation sites (tertiary alicyclic amines) is 1. The Labute approximate surface area is 116 Å². The minimum Gasteiger partial charge on any atom is -0.383 e. The van der Waals surface area contributed by atoms with Gasteiger partial charge in [-0.15, -0.1) is 0 Å². The molecule has 3 heteroatoms. The SMILES string of the molecule is COC[C@@H]1CCCN1C[C@H](C)[C@@H](N)c1ccccc1. The Morgan fingerprint density at radius 1 is 1.37 bits per heavy atom. The van der Waals surface area contributed by atoms with Crippen molar-refractivity contribution in [2.45, 2.75) is 31.8 Å². The fourth-order valence-electron chi connectivity index (χ4n) is 3.00. The van der Waals surface area contributed by atoms with Crippen LogP contribution in [0.4, 0.5) is 0 Å². The lowest BCUT2D eigenvalue weighted by Gasteiger charge is -2.29. The Hall–Kier alpha value is -0.900. The first-order chi connectivity index (χ1) is 9.22. The molecule has 106 valence electrons. The largest absolute Gasteiger partial charge is 0.383 e. The van der Waals surface area contributed by atoms with Gasteiger partial charge in [0.05, 0.1) is 6.61 Å². The Bertz CT molecular complexity index is 368. The molecule has 19 heavy (non-hydrogen) atoms. The van der Waals surface area contributed by atoms with Gasteiger partial charge in [0.15, 0.2) is 0 Å². The van der Waals surface area contributed by atoms with Crippen LogP contribution in [0.1, 0.15) is 31.4 Å². The molecule has 1 aromatic rings. The zero-order valence-corrected chi connectivity index (χ0v) is 12.1. The van der Waals surface area contributed by atoms with Gasteiger partial charge in [-0.2, -0.15) is 0 Å². The lowest BCUT2D eigenvalue weighted by Crippen LogP contribution is -2.38. The van der Waals surface area contributed by atoms with Crippen molar-refractivity contribution < 1.29 is 4.74 Å². The first kappa shape index (κ1) is 14.5. The van der Waals surface area contributed by atoms with Gasteiger partial charge in [0, 0.05) is 25.7 Å². The van der Waals surface area contributed by atoms with E-state index in [9.17, 15) is 0 Å². The minimum absolute atomic E-state index is 0.116. The Kier molecular flexibility index (Phi) is 5.37. The van der Waals surface area contributed by atoms with Gasteiger partial charge in [-0.05, 0) is 30.9 Å². The van der Waals surface area contributed by atoms with Gasteiger partial charge in [0.25, 0.3) is 0 Å². The number of benzene rings is 1. The number of nitrogens with zero attached hydrogens (tertiary/aromatic N) is 1. The lowest BCUT2D eigenvalue weighted by molar-refractivity contribution is 0.104. The van der Waals surface area contributed by atoms with Crippen LogP contribution in [0, 0.1) is 5.92 Å². The van der Waals surface area contributed by atoms with E-state index in [0.717, 1.165) is 13.2 Å². The average molecular weight is 262 g/mol. The van der Waals surface area contributed by atoms with Crippen LogP contribution < -0.4 is 5.73 Å². The van der Waals surface area contributed by atoms with Crippen LogP contribution in [0.2, 0.25) is 0 Å². The molecule has 1 heterocycles. The van der Waals surface area contributed by atoms with E-state index in [2.05, 4.69) is 36.1 Å². The lowest BCUT2D eigenvalue weighted by atomic mass is 9.95. The number of rotatable bonds is 6. The van der Waals surface area contributed by atoms with Crippen molar-refractivity contribution in [2.75, 3.05) is 26.8 Å². The van der Waals surface area contributed by atoms with Gasteiger partial charge in [0.1, 0.15) is 0 Å². The molecule has 1 saturated heterocycles. The van der Waals surface area contributed by atoms with Crippen LogP contribution in [0.25, 0.3) is 0 Å². The second kappa shape index (κ2) is 7.04. The molecular formula is C16H26N2O. The summed E-state index contributed by atoms with van der Waals surface area (Å²) in [5.74, 6) is 0.458. The van der Waals surface area contributed by atoms with Crippen molar-refractivity contribution in [3.8, 4) is 0 Å². The fourth-order valence-corrected chi connectivity index (χ4v) is 3.00. The predicted molar refractivity (Wildman–Crippen MR) is 79.0 cm³/mol.